The van der Waals surface area contributed by atoms with Gasteiger partial charge in [-0.2, -0.15) is 0 Å². The summed E-state index contributed by atoms with van der Waals surface area (Å²) in [5.41, 5.74) is 0. The van der Waals surface area contributed by atoms with Crippen LogP contribution in [0.3, 0.4) is 0 Å². The highest BCUT2D eigenvalue weighted by atomic mass is 15.2. The van der Waals surface area contributed by atoms with Gasteiger partial charge in [0.2, 0.25) is 0 Å². The Bertz CT molecular complexity index is 167. The van der Waals surface area contributed by atoms with E-state index >= 15 is 0 Å². The number of likely N-dealkylation sites (tertiary alicyclic amines) is 1. The van der Waals surface area contributed by atoms with Gasteiger partial charge in [-0.25, -0.2) is 0 Å². The second-order valence-corrected chi connectivity index (χ2v) is 5.12. The second kappa shape index (κ2) is 8.04. The average Bonchev–Trinajstić information content (AvgIpc) is 2.79. The van der Waals surface area contributed by atoms with Crippen LogP contribution in [0.25, 0.3) is 0 Å². The number of rotatable bonds is 8. The van der Waals surface area contributed by atoms with Crippen molar-refractivity contribution >= 4 is 0 Å². The van der Waals surface area contributed by atoms with Crippen LogP contribution >= 0.6 is 0 Å². The van der Waals surface area contributed by atoms with Crippen LogP contribution < -0.4 is 5.32 Å². The van der Waals surface area contributed by atoms with Gasteiger partial charge in [-0.1, -0.05) is 0 Å². The molecule has 0 aromatic rings. The first-order valence-corrected chi connectivity index (χ1v) is 6.81. The summed E-state index contributed by atoms with van der Waals surface area (Å²) in [6.07, 6.45) is 5.39. The molecule has 0 amide bonds. The first kappa shape index (κ1) is 13.9. The zero-order valence-electron chi connectivity index (χ0n) is 11.3. The molecule has 1 aliphatic rings. The van der Waals surface area contributed by atoms with Crippen LogP contribution in [0.5, 0.6) is 0 Å². The molecule has 1 fully saturated rings. The van der Waals surface area contributed by atoms with Crippen molar-refractivity contribution < 1.29 is 0 Å². The number of nitrogens with one attached hydrogen (secondary N) is 1. The minimum Gasteiger partial charge on any atom is -0.320 e. The molecule has 1 saturated heterocycles. The van der Waals surface area contributed by atoms with Gasteiger partial charge in [0, 0.05) is 19.1 Å². The van der Waals surface area contributed by atoms with Crippen molar-refractivity contribution in [1.29, 1.82) is 0 Å². The van der Waals surface area contributed by atoms with E-state index in [0.717, 1.165) is 12.6 Å². The Hall–Kier alpha value is -0.120. The van der Waals surface area contributed by atoms with E-state index in [2.05, 4.69) is 29.1 Å². The molecule has 0 radical (unpaired) electrons. The summed E-state index contributed by atoms with van der Waals surface area (Å²) in [6, 6.07) is 0.718. The molecule has 0 aromatic carbocycles. The lowest BCUT2D eigenvalue weighted by atomic mass is 10.1. The molecular formula is C13H29N3. The summed E-state index contributed by atoms with van der Waals surface area (Å²) in [5.74, 6) is 0. The zero-order chi connectivity index (χ0) is 11.8. The molecule has 0 aliphatic carbocycles. The topological polar surface area (TPSA) is 18.5 Å². The summed E-state index contributed by atoms with van der Waals surface area (Å²) in [5, 5.41) is 3.21. The first-order chi connectivity index (χ1) is 7.74. The van der Waals surface area contributed by atoms with Crippen molar-refractivity contribution in [1.82, 2.24) is 15.1 Å². The fourth-order valence-corrected chi connectivity index (χ4v) is 2.32. The van der Waals surface area contributed by atoms with Crippen molar-refractivity contribution in [3.05, 3.63) is 0 Å². The maximum atomic E-state index is 3.21. The highest BCUT2D eigenvalue weighted by Gasteiger charge is 2.13. The molecule has 3 heteroatoms. The van der Waals surface area contributed by atoms with Crippen molar-refractivity contribution in [3.63, 3.8) is 0 Å². The van der Waals surface area contributed by atoms with Crippen LogP contribution in [0.2, 0.25) is 0 Å². The zero-order valence-corrected chi connectivity index (χ0v) is 11.3. The monoisotopic (exact) mass is 227 g/mol. The maximum absolute atomic E-state index is 3.21. The SMILES string of the molecule is CNCCCC(C)N(C)CCN1CCCC1. The first-order valence-electron chi connectivity index (χ1n) is 6.81. The minimum atomic E-state index is 0.718. The van der Waals surface area contributed by atoms with Crippen molar-refractivity contribution in [3.8, 4) is 0 Å². The molecule has 1 heterocycles. The molecule has 1 N–H and O–H groups in total. The Morgan fingerprint density at radius 3 is 2.62 bits per heavy atom. The molecule has 0 spiro atoms. The lowest BCUT2D eigenvalue weighted by Crippen LogP contribution is -2.36. The summed E-state index contributed by atoms with van der Waals surface area (Å²) in [4.78, 5) is 5.10. The van der Waals surface area contributed by atoms with E-state index < -0.39 is 0 Å². The van der Waals surface area contributed by atoms with Gasteiger partial charge in [0.15, 0.2) is 0 Å². The molecule has 16 heavy (non-hydrogen) atoms. The Labute approximate surface area is 101 Å². The molecule has 1 rings (SSSR count). The fraction of sp³-hybridized carbons (Fsp3) is 1.00. The van der Waals surface area contributed by atoms with Gasteiger partial charge in [-0.15, -0.1) is 0 Å². The predicted octanol–water partition coefficient (Wildman–Crippen LogP) is 1.40. The third-order valence-corrected chi connectivity index (χ3v) is 3.77. The Kier molecular flexibility index (Phi) is 7.01. The Morgan fingerprint density at radius 1 is 1.31 bits per heavy atom. The van der Waals surface area contributed by atoms with E-state index in [0.29, 0.717) is 0 Å². The highest BCUT2D eigenvalue weighted by Crippen LogP contribution is 2.08. The van der Waals surface area contributed by atoms with Crippen LogP contribution in [-0.2, 0) is 0 Å². The van der Waals surface area contributed by atoms with E-state index in [1.165, 1.54) is 51.9 Å². The lowest BCUT2D eigenvalue weighted by molar-refractivity contribution is 0.206. The molecule has 96 valence electrons. The fourth-order valence-electron chi connectivity index (χ4n) is 2.32. The summed E-state index contributed by atoms with van der Waals surface area (Å²) in [7, 11) is 4.29. The average molecular weight is 227 g/mol. The van der Waals surface area contributed by atoms with Gasteiger partial charge in [0.1, 0.15) is 0 Å². The van der Waals surface area contributed by atoms with Gasteiger partial charge in [0.25, 0.3) is 0 Å². The third kappa shape index (κ3) is 5.28. The standard InChI is InChI=1S/C13H29N3/c1-13(7-6-8-14-2)15(3)11-12-16-9-4-5-10-16/h13-14H,4-12H2,1-3H3. The molecule has 0 saturated carbocycles. The van der Waals surface area contributed by atoms with Crippen LogP contribution in [0.1, 0.15) is 32.6 Å². The molecule has 1 atom stereocenters. The van der Waals surface area contributed by atoms with E-state index in [4.69, 9.17) is 0 Å². The molecule has 1 aliphatic heterocycles. The van der Waals surface area contributed by atoms with Gasteiger partial charge < -0.3 is 15.1 Å². The Balaban J connectivity index is 2.05. The molecular weight excluding hydrogens is 198 g/mol. The van der Waals surface area contributed by atoms with Gasteiger partial charge in [-0.05, 0) is 66.3 Å². The highest BCUT2D eigenvalue weighted by molar-refractivity contribution is 4.70. The lowest BCUT2D eigenvalue weighted by Gasteiger charge is -2.27. The van der Waals surface area contributed by atoms with Crippen LogP contribution in [0, 0.1) is 0 Å². The van der Waals surface area contributed by atoms with Crippen LogP contribution in [-0.4, -0.2) is 62.7 Å². The molecule has 0 aromatic heterocycles. The van der Waals surface area contributed by atoms with Crippen molar-refractivity contribution in [2.45, 2.75) is 38.6 Å². The van der Waals surface area contributed by atoms with E-state index in [-0.39, 0.29) is 0 Å². The molecule has 1 unspecified atom stereocenters. The second-order valence-electron chi connectivity index (χ2n) is 5.12. The molecule has 3 nitrogen and oxygen atoms in total. The Morgan fingerprint density at radius 2 is 2.00 bits per heavy atom. The smallest absolute Gasteiger partial charge is 0.0109 e. The summed E-state index contributed by atoms with van der Waals surface area (Å²) in [6.45, 7) is 8.61. The summed E-state index contributed by atoms with van der Waals surface area (Å²) >= 11 is 0. The minimum absolute atomic E-state index is 0.718. The summed E-state index contributed by atoms with van der Waals surface area (Å²) < 4.78 is 0. The van der Waals surface area contributed by atoms with Gasteiger partial charge in [-0.3, -0.25) is 0 Å². The maximum Gasteiger partial charge on any atom is 0.0109 e. The van der Waals surface area contributed by atoms with Gasteiger partial charge in [0.05, 0.1) is 0 Å². The van der Waals surface area contributed by atoms with Crippen LogP contribution in [0.15, 0.2) is 0 Å². The van der Waals surface area contributed by atoms with Crippen LogP contribution in [0.4, 0.5) is 0 Å². The third-order valence-electron chi connectivity index (χ3n) is 3.77. The number of hydrogen-bond acceptors (Lipinski definition) is 3. The van der Waals surface area contributed by atoms with E-state index in [9.17, 15) is 0 Å². The number of nitrogens with zero attached hydrogens (tertiary/aromatic N) is 2. The van der Waals surface area contributed by atoms with Crippen molar-refractivity contribution in [2.24, 2.45) is 0 Å². The van der Waals surface area contributed by atoms with Crippen molar-refractivity contribution in [2.75, 3.05) is 46.8 Å². The predicted molar refractivity (Wildman–Crippen MR) is 70.9 cm³/mol. The number of hydrogen-bond donors (Lipinski definition) is 1. The number of likely N-dealkylation sites (N-methyl/N-ethyl adjacent to an activating group) is 1. The van der Waals surface area contributed by atoms with E-state index in [1.807, 2.05) is 7.05 Å². The van der Waals surface area contributed by atoms with Gasteiger partial charge >= 0.3 is 0 Å². The normalized spacial score (nSPS) is 19.5. The molecule has 0 bridgehead atoms. The quantitative estimate of drug-likeness (QED) is 0.632. The van der Waals surface area contributed by atoms with E-state index in [1.54, 1.807) is 0 Å². The largest absolute Gasteiger partial charge is 0.320 e.